The summed E-state index contributed by atoms with van der Waals surface area (Å²) < 4.78 is 10.9. The summed E-state index contributed by atoms with van der Waals surface area (Å²) >= 11 is 0. The van der Waals surface area contributed by atoms with Gasteiger partial charge >= 0.3 is 0 Å². The second-order valence-electron chi connectivity index (χ2n) is 11.6. The standard InChI is InChI=1S/C31H35N7O3/c1-40-20-41-29-7-3-2-6-26(29)27-14-28(30(32)35-34-27)37-17-24-8-9-25(18-37)38(24)23-10-11-33-22(13-23)5-4-12-36-16-21-15-31(21,39)19-36/h2-3,6-7,10-11,13-14,21,24-25,39H,8-9,12,15-20H2,1H3,(H2,32,35). The summed E-state index contributed by atoms with van der Waals surface area (Å²) in [7, 11) is 1.60. The van der Waals surface area contributed by atoms with E-state index >= 15 is 0 Å². The lowest BCUT2D eigenvalue weighted by molar-refractivity contribution is 0.0515. The molecule has 4 atom stereocenters. The Labute approximate surface area is 240 Å². The van der Waals surface area contributed by atoms with Crippen LogP contribution >= 0.6 is 0 Å². The number of para-hydroxylation sites is 1. The zero-order chi connectivity index (χ0) is 28.0. The molecule has 7 rings (SSSR count). The molecule has 10 heteroatoms. The van der Waals surface area contributed by atoms with Crippen LogP contribution in [0.25, 0.3) is 11.3 Å². The maximum absolute atomic E-state index is 10.3. The fourth-order valence-electron chi connectivity index (χ4n) is 6.79. The van der Waals surface area contributed by atoms with Crippen molar-refractivity contribution < 1.29 is 14.6 Å². The molecule has 2 bridgehead atoms. The van der Waals surface area contributed by atoms with Crippen molar-refractivity contribution in [1.82, 2.24) is 20.1 Å². The van der Waals surface area contributed by atoms with E-state index in [0.717, 1.165) is 62.4 Å². The van der Waals surface area contributed by atoms with E-state index in [1.165, 1.54) is 5.69 Å². The fourth-order valence-corrected chi connectivity index (χ4v) is 6.79. The minimum atomic E-state index is -0.442. The lowest BCUT2D eigenvalue weighted by Crippen LogP contribution is -2.54. The highest BCUT2D eigenvalue weighted by molar-refractivity contribution is 5.75. The summed E-state index contributed by atoms with van der Waals surface area (Å²) in [6.45, 7) is 4.19. The summed E-state index contributed by atoms with van der Waals surface area (Å²) in [5.41, 5.74) is 10.4. The minimum Gasteiger partial charge on any atom is -0.467 e. The molecule has 0 spiro atoms. The fraction of sp³-hybridized carbons (Fsp3) is 0.452. The third kappa shape index (κ3) is 5.05. The van der Waals surface area contributed by atoms with Crippen LogP contribution in [0.5, 0.6) is 5.75 Å². The van der Waals surface area contributed by atoms with Gasteiger partial charge in [-0.1, -0.05) is 18.1 Å². The Morgan fingerprint density at radius 2 is 1.93 bits per heavy atom. The van der Waals surface area contributed by atoms with Crippen molar-refractivity contribution in [2.45, 2.75) is 36.9 Å². The number of nitrogens with zero attached hydrogens (tertiary/aromatic N) is 6. The molecule has 0 amide bonds. The second kappa shape index (κ2) is 10.5. The minimum absolute atomic E-state index is 0.156. The van der Waals surface area contributed by atoms with E-state index in [2.05, 4.69) is 53.9 Å². The first-order chi connectivity index (χ1) is 20.0. The van der Waals surface area contributed by atoms with Gasteiger partial charge in [0.05, 0.1) is 23.5 Å². The molecule has 4 fully saturated rings. The molecule has 1 aliphatic carbocycles. The molecule has 3 N–H and O–H groups in total. The summed E-state index contributed by atoms with van der Waals surface area (Å²) in [5.74, 6) is 8.09. The average Bonchev–Trinajstić information content (AvgIpc) is 3.37. The molecule has 0 radical (unpaired) electrons. The number of nitrogens with two attached hydrogens (primary N) is 1. The van der Waals surface area contributed by atoms with E-state index < -0.39 is 5.60 Å². The maximum atomic E-state index is 10.3. The van der Waals surface area contributed by atoms with Crippen LogP contribution < -0.4 is 20.3 Å². The van der Waals surface area contributed by atoms with Gasteiger partial charge in [-0.05, 0) is 55.5 Å². The topological polar surface area (TPSA) is 113 Å². The number of piperidine rings is 1. The first kappa shape index (κ1) is 26.0. The number of likely N-dealkylation sites (tertiary alicyclic amines) is 1. The van der Waals surface area contributed by atoms with Gasteiger partial charge in [0.15, 0.2) is 12.6 Å². The van der Waals surface area contributed by atoms with Crippen molar-refractivity contribution in [3.63, 3.8) is 0 Å². The first-order valence-electron chi connectivity index (χ1n) is 14.3. The number of ether oxygens (including phenoxy) is 2. The highest BCUT2D eigenvalue weighted by Gasteiger charge is 2.58. The van der Waals surface area contributed by atoms with E-state index in [1.807, 2.05) is 36.5 Å². The normalized spacial score (nSPS) is 26.4. The second-order valence-corrected chi connectivity index (χ2v) is 11.6. The van der Waals surface area contributed by atoms with Gasteiger partial charge < -0.3 is 30.1 Å². The number of benzene rings is 1. The molecule has 2 aromatic heterocycles. The molecule has 1 saturated carbocycles. The Morgan fingerprint density at radius 3 is 2.71 bits per heavy atom. The average molecular weight is 554 g/mol. The first-order valence-corrected chi connectivity index (χ1v) is 14.3. The zero-order valence-electron chi connectivity index (χ0n) is 23.2. The number of aromatic nitrogens is 3. The Bertz CT molecular complexity index is 1490. The summed E-state index contributed by atoms with van der Waals surface area (Å²) in [6.07, 6.45) is 5.03. The smallest absolute Gasteiger partial charge is 0.188 e. The molecule has 10 nitrogen and oxygen atoms in total. The Hall–Kier alpha value is -3.91. The van der Waals surface area contributed by atoms with Crippen LogP contribution in [0.1, 0.15) is 25.0 Å². The van der Waals surface area contributed by atoms with Gasteiger partial charge in [-0.2, -0.15) is 0 Å². The van der Waals surface area contributed by atoms with Crippen LogP contribution in [0.2, 0.25) is 0 Å². The van der Waals surface area contributed by atoms with Crippen molar-refractivity contribution >= 4 is 17.2 Å². The lowest BCUT2D eigenvalue weighted by atomic mass is 10.1. The highest BCUT2D eigenvalue weighted by atomic mass is 16.7. The molecule has 41 heavy (non-hydrogen) atoms. The lowest BCUT2D eigenvalue weighted by Gasteiger charge is -2.43. The Morgan fingerprint density at radius 1 is 1.10 bits per heavy atom. The van der Waals surface area contributed by atoms with E-state index in [9.17, 15) is 5.11 Å². The number of hydrogen-bond acceptors (Lipinski definition) is 10. The van der Waals surface area contributed by atoms with Gasteiger partial charge in [0, 0.05) is 68.7 Å². The van der Waals surface area contributed by atoms with Crippen LogP contribution in [0.4, 0.5) is 17.2 Å². The van der Waals surface area contributed by atoms with Crippen molar-refractivity contribution in [1.29, 1.82) is 0 Å². The molecule has 3 aliphatic heterocycles. The molecule has 1 aromatic carbocycles. The number of fused-ring (bicyclic) bond motifs is 3. The Kier molecular flexibility index (Phi) is 6.66. The number of piperazine rings is 1. The van der Waals surface area contributed by atoms with E-state index in [0.29, 0.717) is 41.8 Å². The SMILES string of the molecule is COCOc1ccccc1-c1cc(N2CC3CCC(C2)N3c2ccnc(C#CCN3CC4CC4(O)C3)c2)c(N)nn1. The number of rotatable bonds is 7. The predicted octanol–water partition coefficient (Wildman–Crippen LogP) is 2.38. The molecular formula is C31H35N7O3. The largest absolute Gasteiger partial charge is 0.467 e. The predicted molar refractivity (Wildman–Crippen MR) is 156 cm³/mol. The van der Waals surface area contributed by atoms with Gasteiger partial charge in [0.2, 0.25) is 0 Å². The van der Waals surface area contributed by atoms with E-state index in [4.69, 9.17) is 15.2 Å². The number of pyridine rings is 1. The summed E-state index contributed by atoms with van der Waals surface area (Å²) in [4.78, 5) is 11.6. The van der Waals surface area contributed by atoms with Crippen LogP contribution in [0.15, 0.2) is 48.7 Å². The number of hydrogen-bond donors (Lipinski definition) is 2. The number of nitrogen functional groups attached to an aromatic ring is 1. The van der Waals surface area contributed by atoms with Crippen LogP contribution in [-0.4, -0.2) is 89.5 Å². The Balaban J connectivity index is 1.06. The van der Waals surface area contributed by atoms with Crippen molar-refractivity contribution in [2.24, 2.45) is 5.92 Å². The van der Waals surface area contributed by atoms with E-state index in [-0.39, 0.29) is 6.79 Å². The monoisotopic (exact) mass is 553 g/mol. The molecular weight excluding hydrogens is 518 g/mol. The third-order valence-electron chi connectivity index (χ3n) is 8.86. The number of β-amino-alcohol motifs (C(OH)–C–C–N with tert-alkyl or cyclic N) is 1. The third-order valence-corrected chi connectivity index (χ3v) is 8.86. The molecule has 3 saturated heterocycles. The summed E-state index contributed by atoms with van der Waals surface area (Å²) in [5, 5.41) is 19.0. The molecule has 3 aromatic rings. The van der Waals surface area contributed by atoms with E-state index in [1.54, 1.807) is 7.11 Å². The zero-order valence-corrected chi connectivity index (χ0v) is 23.2. The maximum Gasteiger partial charge on any atom is 0.188 e. The van der Waals surface area contributed by atoms with Crippen molar-refractivity contribution in [3.05, 3.63) is 54.4 Å². The molecule has 4 aliphatic rings. The van der Waals surface area contributed by atoms with Gasteiger partial charge in [-0.15, -0.1) is 10.2 Å². The van der Waals surface area contributed by atoms with Gasteiger partial charge in [0.1, 0.15) is 11.4 Å². The number of methoxy groups -OCH3 is 1. The molecule has 5 heterocycles. The number of anilines is 3. The van der Waals surface area contributed by atoms with Gasteiger partial charge in [-0.3, -0.25) is 4.90 Å². The van der Waals surface area contributed by atoms with Crippen LogP contribution in [0.3, 0.4) is 0 Å². The summed E-state index contributed by atoms with van der Waals surface area (Å²) in [6, 6.07) is 14.7. The van der Waals surface area contributed by atoms with Gasteiger partial charge in [0.25, 0.3) is 0 Å². The van der Waals surface area contributed by atoms with Crippen LogP contribution in [0, 0.1) is 17.8 Å². The van der Waals surface area contributed by atoms with Crippen LogP contribution in [-0.2, 0) is 4.74 Å². The highest BCUT2D eigenvalue weighted by Crippen LogP contribution is 2.49. The number of aliphatic hydroxyl groups is 1. The molecule has 212 valence electrons. The van der Waals surface area contributed by atoms with Crippen molar-refractivity contribution in [3.8, 4) is 28.8 Å². The van der Waals surface area contributed by atoms with Crippen molar-refractivity contribution in [2.75, 3.05) is 62.2 Å². The quantitative estimate of drug-likeness (QED) is 0.334. The van der Waals surface area contributed by atoms with Gasteiger partial charge in [-0.25, -0.2) is 4.98 Å². The molecule has 4 unspecified atom stereocenters.